The van der Waals surface area contributed by atoms with Crippen molar-refractivity contribution in [1.82, 2.24) is 4.57 Å². The van der Waals surface area contributed by atoms with Crippen LogP contribution < -0.4 is 5.56 Å². The van der Waals surface area contributed by atoms with Gasteiger partial charge in [-0.05, 0) is 25.5 Å². The molecule has 0 saturated heterocycles. The first-order valence-corrected chi connectivity index (χ1v) is 7.58. The highest BCUT2D eigenvalue weighted by atomic mass is 16.6. The van der Waals surface area contributed by atoms with Crippen LogP contribution in [0.2, 0.25) is 0 Å². The molecular weight excluding hydrogens is 336 g/mol. The van der Waals surface area contributed by atoms with Gasteiger partial charge >= 0.3 is 0 Å². The molecule has 0 fully saturated rings. The number of aryl methyl sites for hydroxylation is 1. The van der Waals surface area contributed by atoms with E-state index in [1.165, 1.54) is 25.3 Å². The van der Waals surface area contributed by atoms with Gasteiger partial charge in [0.15, 0.2) is 0 Å². The van der Waals surface area contributed by atoms with Gasteiger partial charge in [0.2, 0.25) is 5.88 Å². The average Bonchev–Trinajstić information content (AvgIpc) is 2.60. The summed E-state index contributed by atoms with van der Waals surface area (Å²) in [6.07, 6.45) is 2.70. The molecule has 8 nitrogen and oxygen atoms in total. The summed E-state index contributed by atoms with van der Waals surface area (Å²) in [6, 6.07) is 6.30. The first-order chi connectivity index (χ1) is 12.3. The number of hydrogen-bond donors (Lipinski definition) is 1. The van der Waals surface area contributed by atoms with Crippen LogP contribution in [0.4, 0.5) is 11.4 Å². The molecule has 0 unspecified atom stereocenters. The van der Waals surface area contributed by atoms with Crippen molar-refractivity contribution in [2.45, 2.75) is 20.4 Å². The summed E-state index contributed by atoms with van der Waals surface area (Å²) in [7, 11) is 0. The van der Waals surface area contributed by atoms with E-state index < -0.39 is 10.5 Å². The Hall–Kier alpha value is -3.73. The minimum absolute atomic E-state index is 0.0243. The Labute approximate surface area is 149 Å². The van der Waals surface area contributed by atoms with Crippen molar-refractivity contribution in [2.24, 2.45) is 4.99 Å². The van der Waals surface area contributed by atoms with Gasteiger partial charge in [0.25, 0.3) is 11.2 Å². The van der Waals surface area contributed by atoms with Crippen LogP contribution in [0.5, 0.6) is 5.88 Å². The molecule has 132 valence electrons. The topological polar surface area (TPSA) is 122 Å². The number of aromatic hydroxyl groups is 1. The molecule has 26 heavy (non-hydrogen) atoms. The van der Waals surface area contributed by atoms with Crippen molar-refractivity contribution >= 4 is 17.6 Å². The fourth-order valence-corrected chi connectivity index (χ4v) is 2.44. The summed E-state index contributed by atoms with van der Waals surface area (Å²) in [5, 5.41) is 30.6. The van der Waals surface area contributed by atoms with E-state index in [4.69, 9.17) is 0 Å². The number of aliphatic imine (C=N–C) groups is 1. The standard InChI is InChI=1S/C18H16N4O4/c1-4-7-21-17(23)14(9-19)12(3)15(18(21)24)10-20-13-6-5-11(2)16(8-13)22(25)26/h4-6,8,10,24H,1,7H2,2-3H3. The molecule has 0 amide bonds. The van der Waals surface area contributed by atoms with Gasteiger partial charge in [0.05, 0.1) is 16.2 Å². The van der Waals surface area contributed by atoms with Gasteiger partial charge in [-0.1, -0.05) is 12.1 Å². The molecule has 0 radical (unpaired) electrons. The minimum Gasteiger partial charge on any atom is -0.494 e. The zero-order valence-corrected chi connectivity index (χ0v) is 14.3. The second-order valence-electron chi connectivity index (χ2n) is 5.54. The third-order valence-corrected chi connectivity index (χ3v) is 3.89. The lowest BCUT2D eigenvalue weighted by atomic mass is 10.1. The van der Waals surface area contributed by atoms with E-state index in [-0.39, 0.29) is 34.8 Å². The molecule has 0 atom stereocenters. The Morgan fingerprint density at radius 3 is 2.73 bits per heavy atom. The van der Waals surface area contributed by atoms with E-state index >= 15 is 0 Å². The van der Waals surface area contributed by atoms with E-state index in [0.29, 0.717) is 11.3 Å². The number of hydrogen-bond acceptors (Lipinski definition) is 6. The van der Waals surface area contributed by atoms with E-state index in [1.807, 2.05) is 6.07 Å². The van der Waals surface area contributed by atoms with Crippen molar-refractivity contribution in [3.8, 4) is 11.9 Å². The molecule has 1 N–H and O–H groups in total. The maximum Gasteiger partial charge on any atom is 0.274 e. The highest BCUT2D eigenvalue weighted by molar-refractivity contribution is 5.87. The molecule has 1 aromatic heterocycles. The van der Waals surface area contributed by atoms with Crippen LogP contribution in [0.3, 0.4) is 0 Å². The summed E-state index contributed by atoms with van der Waals surface area (Å²) in [4.78, 5) is 26.9. The average molecular weight is 352 g/mol. The van der Waals surface area contributed by atoms with Gasteiger partial charge < -0.3 is 5.11 Å². The number of nitrogens with zero attached hydrogens (tertiary/aromatic N) is 4. The first-order valence-electron chi connectivity index (χ1n) is 7.58. The fraction of sp³-hybridized carbons (Fsp3) is 0.167. The molecular formula is C18H16N4O4. The van der Waals surface area contributed by atoms with E-state index in [1.54, 1.807) is 19.1 Å². The van der Waals surface area contributed by atoms with Crippen LogP contribution in [-0.4, -0.2) is 20.8 Å². The highest BCUT2D eigenvalue weighted by Gasteiger charge is 2.17. The molecule has 2 rings (SSSR count). The van der Waals surface area contributed by atoms with E-state index in [9.17, 15) is 25.3 Å². The van der Waals surface area contributed by atoms with Crippen LogP contribution in [0, 0.1) is 35.3 Å². The Balaban J connectivity index is 2.61. The predicted molar refractivity (Wildman–Crippen MR) is 97.1 cm³/mol. The summed E-state index contributed by atoms with van der Waals surface area (Å²) in [6.45, 7) is 6.69. The van der Waals surface area contributed by atoms with Gasteiger partial charge in [-0.25, -0.2) is 0 Å². The SMILES string of the molecule is C=CCn1c(O)c(C=Nc2ccc(C)c([N+](=O)[O-])c2)c(C)c(C#N)c1=O. The van der Waals surface area contributed by atoms with Crippen molar-refractivity contribution in [1.29, 1.82) is 5.26 Å². The first kappa shape index (κ1) is 18.6. The second-order valence-corrected chi connectivity index (χ2v) is 5.54. The third-order valence-electron chi connectivity index (χ3n) is 3.89. The Morgan fingerprint density at radius 1 is 1.46 bits per heavy atom. The highest BCUT2D eigenvalue weighted by Crippen LogP contribution is 2.25. The van der Waals surface area contributed by atoms with E-state index in [2.05, 4.69) is 11.6 Å². The summed E-state index contributed by atoms with van der Waals surface area (Å²) in [5.74, 6) is -0.350. The van der Waals surface area contributed by atoms with Gasteiger partial charge in [0.1, 0.15) is 11.6 Å². The second kappa shape index (κ2) is 7.44. The number of allylic oxidation sites excluding steroid dienone is 1. The van der Waals surface area contributed by atoms with Crippen molar-refractivity contribution in [3.05, 3.63) is 73.6 Å². The van der Waals surface area contributed by atoms with Crippen molar-refractivity contribution < 1.29 is 10.0 Å². The van der Waals surface area contributed by atoms with Gasteiger partial charge in [-0.15, -0.1) is 6.58 Å². The number of aromatic nitrogens is 1. The van der Waals surface area contributed by atoms with Crippen molar-refractivity contribution in [2.75, 3.05) is 0 Å². The Morgan fingerprint density at radius 2 is 2.15 bits per heavy atom. The molecule has 8 heteroatoms. The lowest BCUT2D eigenvalue weighted by molar-refractivity contribution is -0.385. The van der Waals surface area contributed by atoms with Gasteiger partial charge in [-0.3, -0.25) is 24.5 Å². The maximum absolute atomic E-state index is 12.2. The summed E-state index contributed by atoms with van der Waals surface area (Å²) >= 11 is 0. The van der Waals surface area contributed by atoms with Crippen LogP contribution in [-0.2, 0) is 6.54 Å². The van der Waals surface area contributed by atoms with Crippen LogP contribution in [0.25, 0.3) is 0 Å². The monoisotopic (exact) mass is 352 g/mol. The molecule has 0 spiro atoms. The molecule has 0 aliphatic carbocycles. The number of rotatable bonds is 5. The number of nitro groups is 1. The Kier molecular flexibility index (Phi) is 5.33. The largest absolute Gasteiger partial charge is 0.494 e. The number of benzene rings is 1. The molecule has 0 bridgehead atoms. The third kappa shape index (κ3) is 3.37. The Bertz CT molecular complexity index is 1030. The number of nitro benzene ring substituents is 1. The summed E-state index contributed by atoms with van der Waals surface area (Å²) in [5.41, 5.74) is 0.466. The molecule has 0 saturated carbocycles. The molecule has 0 aliphatic heterocycles. The maximum atomic E-state index is 12.2. The molecule has 0 aliphatic rings. The van der Waals surface area contributed by atoms with Crippen LogP contribution in [0.15, 0.2) is 40.6 Å². The minimum atomic E-state index is -0.620. The lowest BCUT2D eigenvalue weighted by Gasteiger charge is -2.12. The summed E-state index contributed by atoms with van der Waals surface area (Å²) < 4.78 is 1.01. The molecule has 1 aromatic carbocycles. The van der Waals surface area contributed by atoms with Gasteiger partial charge in [0, 0.05) is 24.4 Å². The fourth-order valence-electron chi connectivity index (χ4n) is 2.44. The van der Waals surface area contributed by atoms with Gasteiger partial charge in [-0.2, -0.15) is 5.26 Å². The van der Waals surface area contributed by atoms with Crippen molar-refractivity contribution in [3.63, 3.8) is 0 Å². The zero-order chi connectivity index (χ0) is 19.4. The van der Waals surface area contributed by atoms with Crippen LogP contribution in [0.1, 0.15) is 22.3 Å². The predicted octanol–water partition coefficient (Wildman–Crippen LogP) is 2.89. The van der Waals surface area contributed by atoms with E-state index in [0.717, 1.165) is 4.57 Å². The lowest BCUT2D eigenvalue weighted by Crippen LogP contribution is -2.24. The number of pyridine rings is 1. The molecule has 1 heterocycles. The quantitative estimate of drug-likeness (QED) is 0.384. The van der Waals surface area contributed by atoms with Crippen LogP contribution >= 0.6 is 0 Å². The smallest absolute Gasteiger partial charge is 0.274 e. The zero-order valence-electron chi connectivity index (χ0n) is 14.3. The number of nitriles is 1. The normalized spacial score (nSPS) is 10.7. The molecule has 2 aromatic rings.